The van der Waals surface area contributed by atoms with Gasteiger partial charge >= 0.3 is 0 Å². The third-order valence-corrected chi connectivity index (χ3v) is 3.77. The number of ether oxygens (including phenoxy) is 1. The smallest absolute Gasteiger partial charge is 0.167 e. The zero-order valence-corrected chi connectivity index (χ0v) is 11.4. The normalized spacial score (nSPS) is 13.3. The molecule has 0 radical (unpaired) electrons. The second kappa shape index (κ2) is 5.35. The van der Waals surface area contributed by atoms with Gasteiger partial charge in [0, 0.05) is 17.0 Å². The van der Waals surface area contributed by atoms with E-state index in [-0.39, 0.29) is 18.0 Å². The second-order valence-corrected chi connectivity index (χ2v) is 5.22. The summed E-state index contributed by atoms with van der Waals surface area (Å²) in [5.74, 6) is -0.466. The molecule has 0 saturated carbocycles. The molecule has 0 aromatic heterocycles. The first-order valence-electron chi connectivity index (χ1n) is 6.30. The summed E-state index contributed by atoms with van der Waals surface area (Å²) in [5.41, 5.74) is 3.27. The number of Topliss-reactive ketones (excluding diaryl/α,β-unsaturated/α-hetero) is 1. The van der Waals surface area contributed by atoms with Crippen molar-refractivity contribution in [2.24, 2.45) is 0 Å². The average Bonchev–Trinajstić information content (AvgIpc) is 2.90. The van der Waals surface area contributed by atoms with E-state index in [1.807, 2.05) is 12.1 Å². The predicted octanol–water partition coefficient (Wildman–Crippen LogP) is 3.93. The molecular weight excluding hydrogens is 279 g/mol. The molecule has 0 atom stereocenters. The minimum atomic E-state index is -0.389. The van der Waals surface area contributed by atoms with Crippen molar-refractivity contribution in [3.05, 3.63) is 69.5 Å². The molecule has 0 bridgehead atoms. The summed E-state index contributed by atoms with van der Waals surface area (Å²) in [4.78, 5) is 12.3. The molecule has 0 saturated heterocycles. The molecular formula is C16H12ClFO2. The highest BCUT2D eigenvalue weighted by Crippen LogP contribution is 2.23. The van der Waals surface area contributed by atoms with Gasteiger partial charge in [0.1, 0.15) is 5.82 Å². The summed E-state index contributed by atoms with van der Waals surface area (Å²) in [5, 5.41) is 0.407. The van der Waals surface area contributed by atoms with Gasteiger partial charge in [0.05, 0.1) is 13.2 Å². The summed E-state index contributed by atoms with van der Waals surface area (Å²) in [6.07, 6.45) is 0.0935. The van der Waals surface area contributed by atoms with Gasteiger partial charge in [-0.15, -0.1) is 0 Å². The standard InChI is InChI=1S/C16H12ClFO2/c17-15-4-3-14(18)6-12(15)7-16(19)10-1-2-11-8-20-9-13(11)5-10/h1-6H,7-9H2. The van der Waals surface area contributed by atoms with Gasteiger partial charge in [0.25, 0.3) is 0 Å². The molecule has 0 spiro atoms. The average molecular weight is 291 g/mol. The number of ketones is 1. The maximum absolute atomic E-state index is 13.2. The van der Waals surface area contributed by atoms with Gasteiger partial charge in [-0.25, -0.2) is 4.39 Å². The number of benzene rings is 2. The van der Waals surface area contributed by atoms with Crippen LogP contribution in [0.1, 0.15) is 27.0 Å². The molecule has 3 rings (SSSR count). The van der Waals surface area contributed by atoms with Crippen molar-refractivity contribution in [2.45, 2.75) is 19.6 Å². The lowest BCUT2D eigenvalue weighted by molar-refractivity contribution is 0.0993. The van der Waals surface area contributed by atoms with Gasteiger partial charge in [0.2, 0.25) is 0 Å². The van der Waals surface area contributed by atoms with Crippen LogP contribution in [0.5, 0.6) is 0 Å². The molecule has 0 fully saturated rings. The fourth-order valence-electron chi connectivity index (χ4n) is 2.30. The van der Waals surface area contributed by atoms with Crippen LogP contribution >= 0.6 is 11.6 Å². The summed E-state index contributed by atoms with van der Waals surface area (Å²) in [6.45, 7) is 1.14. The van der Waals surface area contributed by atoms with E-state index in [9.17, 15) is 9.18 Å². The largest absolute Gasteiger partial charge is 0.372 e. The Morgan fingerprint density at radius 2 is 1.95 bits per heavy atom. The van der Waals surface area contributed by atoms with Crippen LogP contribution in [-0.4, -0.2) is 5.78 Å². The SMILES string of the molecule is O=C(Cc1cc(F)ccc1Cl)c1ccc2c(c1)COC2. The zero-order valence-electron chi connectivity index (χ0n) is 10.7. The maximum atomic E-state index is 13.2. The molecule has 0 unspecified atom stereocenters. The lowest BCUT2D eigenvalue weighted by Gasteiger charge is -2.06. The Morgan fingerprint density at radius 1 is 1.15 bits per heavy atom. The summed E-state index contributed by atoms with van der Waals surface area (Å²) >= 11 is 5.98. The first-order chi connectivity index (χ1) is 9.63. The molecule has 0 amide bonds. The molecule has 20 heavy (non-hydrogen) atoms. The highest BCUT2D eigenvalue weighted by Gasteiger charge is 2.15. The molecule has 1 heterocycles. The van der Waals surface area contributed by atoms with Crippen LogP contribution < -0.4 is 0 Å². The van der Waals surface area contributed by atoms with Gasteiger partial charge in [-0.05, 0) is 41.0 Å². The van der Waals surface area contributed by atoms with Crippen LogP contribution in [0.4, 0.5) is 4.39 Å². The first kappa shape index (κ1) is 13.3. The van der Waals surface area contributed by atoms with E-state index in [0.717, 1.165) is 11.1 Å². The first-order valence-corrected chi connectivity index (χ1v) is 6.68. The second-order valence-electron chi connectivity index (χ2n) is 4.81. The number of carbonyl (C=O) groups is 1. The molecule has 2 aromatic rings. The highest BCUT2D eigenvalue weighted by molar-refractivity contribution is 6.31. The van der Waals surface area contributed by atoms with Crippen LogP contribution in [0.15, 0.2) is 36.4 Å². The summed E-state index contributed by atoms with van der Waals surface area (Å²) < 4.78 is 18.5. The number of halogens is 2. The predicted molar refractivity (Wildman–Crippen MR) is 74.4 cm³/mol. The van der Waals surface area contributed by atoms with Crippen molar-refractivity contribution in [3.63, 3.8) is 0 Å². The Kier molecular flexibility index (Phi) is 3.55. The van der Waals surface area contributed by atoms with E-state index in [2.05, 4.69) is 0 Å². The molecule has 0 aliphatic carbocycles. The molecule has 102 valence electrons. The number of hydrogen-bond acceptors (Lipinski definition) is 2. The summed E-state index contributed by atoms with van der Waals surface area (Å²) in [7, 11) is 0. The zero-order chi connectivity index (χ0) is 14.1. The fraction of sp³-hybridized carbons (Fsp3) is 0.188. The topological polar surface area (TPSA) is 26.3 Å². The van der Waals surface area contributed by atoms with Gasteiger partial charge in [-0.2, -0.15) is 0 Å². The lowest BCUT2D eigenvalue weighted by Crippen LogP contribution is -2.05. The fourth-order valence-corrected chi connectivity index (χ4v) is 2.48. The van der Waals surface area contributed by atoms with E-state index in [1.54, 1.807) is 6.07 Å². The van der Waals surface area contributed by atoms with Gasteiger partial charge in [-0.3, -0.25) is 4.79 Å². The number of hydrogen-bond donors (Lipinski definition) is 0. The Morgan fingerprint density at radius 3 is 2.80 bits per heavy atom. The molecule has 2 aromatic carbocycles. The molecule has 4 heteroatoms. The van der Waals surface area contributed by atoms with E-state index < -0.39 is 0 Å². The lowest BCUT2D eigenvalue weighted by atomic mass is 9.99. The Labute approximate surface area is 121 Å². The van der Waals surface area contributed by atoms with Crippen molar-refractivity contribution in [1.82, 2.24) is 0 Å². The minimum absolute atomic E-state index is 0.0767. The maximum Gasteiger partial charge on any atom is 0.167 e. The molecule has 2 nitrogen and oxygen atoms in total. The molecule has 1 aliphatic rings. The monoisotopic (exact) mass is 290 g/mol. The number of carbonyl (C=O) groups excluding carboxylic acids is 1. The third-order valence-electron chi connectivity index (χ3n) is 3.40. The van der Waals surface area contributed by atoms with E-state index in [0.29, 0.717) is 29.4 Å². The molecule has 1 aliphatic heterocycles. The van der Waals surface area contributed by atoms with Gasteiger partial charge < -0.3 is 4.74 Å². The number of rotatable bonds is 3. The quantitative estimate of drug-likeness (QED) is 0.801. The van der Waals surface area contributed by atoms with Crippen LogP contribution in [0, 0.1) is 5.82 Å². The Balaban J connectivity index is 1.84. The minimum Gasteiger partial charge on any atom is -0.372 e. The van der Waals surface area contributed by atoms with Crippen LogP contribution in [0.2, 0.25) is 5.02 Å². The highest BCUT2D eigenvalue weighted by atomic mass is 35.5. The van der Waals surface area contributed by atoms with Gasteiger partial charge in [0.15, 0.2) is 5.78 Å². The van der Waals surface area contributed by atoms with E-state index in [1.165, 1.54) is 18.2 Å². The van der Waals surface area contributed by atoms with Crippen molar-refractivity contribution in [2.75, 3.05) is 0 Å². The van der Waals surface area contributed by atoms with Crippen molar-refractivity contribution in [3.8, 4) is 0 Å². The van der Waals surface area contributed by atoms with Crippen LogP contribution in [0.25, 0.3) is 0 Å². The van der Waals surface area contributed by atoms with Crippen LogP contribution in [0.3, 0.4) is 0 Å². The van der Waals surface area contributed by atoms with Crippen molar-refractivity contribution >= 4 is 17.4 Å². The van der Waals surface area contributed by atoms with Crippen molar-refractivity contribution in [1.29, 1.82) is 0 Å². The van der Waals surface area contributed by atoms with Crippen LogP contribution in [-0.2, 0) is 24.4 Å². The Hall–Kier alpha value is -1.71. The Bertz CT molecular complexity index is 682. The third kappa shape index (κ3) is 2.60. The van der Waals surface area contributed by atoms with E-state index >= 15 is 0 Å². The van der Waals surface area contributed by atoms with Gasteiger partial charge in [-0.1, -0.05) is 23.7 Å². The number of fused-ring (bicyclic) bond motifs is 1. The summed E-state index contributed by atoms with van der Waals surface area (Å²) in [6, 6.07) is 9.58. The molecule has 0 N–H and O–H groups in total. The van der Waals surface area contributed by atoms with Crippen molar-refractivity contribution < 1.29 is 13.9 Å². The van der Waals surface area contributed by atoms with E-state index in [4.69, 9.17) is 16.3 Å².